The molecule has 1 aromatic rings. The molecule has 1 fully saturated rings. The van der Waals surface area contributed by atoms with Gasteiger partial charge in [0.15, 0.2) is 11.6 Å². The van der Waals surface area contributed by atoms with Crippen molar-refractivity contribution in [2.75, 3.05) is 24.5 Å². The summed E-state index contributed by atoms with van der Waals surface area (Å²) in [5, 5.41) is 3.40. The summed E-state index contributed by atoms with van der Waals surface area (Å²) in [6, 6.07) is 4.57. The van der Waals surface area contributed by atoms with Crippen molar-refractivity contribution in [3.05, 3.63) is 29.8 Å². The Kier molecular flexibility index (Phi) is 3.94. The number of benzene rings is 1. The molecule has 1 unspecified atom stereocenters. The second-order valence-corrected chi connectivity index (χ2v) is 4.44. The fraction of sp³-hybridized carbons (Fsp3) is 0.538. The molecule has 0 radical (unpaired) electrons. The molecule has 0 aliphatic carbocycles. The maximum atomic E-state index is 13.2. The first-order chi connectivity index (χ1) is 8.20. The predicted molar refractivity (Wildman–Crippen MR) is 65.3 cm³/mol. The highest BCUT2D eigenvalue weighted by Gasteiger charge is 2.19. The van der Waals surface area contributed by atoms with Crippen molar-refractivity contribution in [3.63, 3.8) is 0 Å². The third-order valence-corrected chi connectivity index (χ3v) is 3.18. The Morgan fingerprint density at radius 1 is 1.35 bits per heavy atom. The van der Waals surface area contributed by atoms with Crippen LogP contribution in [0.25, 0.3) is 0 Å². The van der Waals surface area contributed by atoms with Crippen molar-refractivity contribution in [1.29, 1.82) is 0 Å². The van der Waals surface area contributed by atoms with E-state index in [1.54, 1.807) is 6.07 Å². The van der Waals surface area contributed by atoms with Crippen LogP contribution in [0.4, 0.5) is 14.5 Å². The first-order valence-electron chi connectivity index (χ1n) is 6.14. The third-order valence-electron chi connectivity index (χ3n) is 3.18. The lowest BCUT2D eigenvalue weighted by molar-refractivity contribution is 0.430. The summed E-state index contributed by atoms with van der Waals surface area (Å²) in [4.78, 5) is 2.11. The highest BCUT2D eigenvalue weighted by Crippen LogP contribution is 2.22. The highest BCUT2D eigenvalue weighted by atomic mass is 19.2. The molecule has 1 aliphatic rings. The number of anilines is 1. The summed E-state index contributed by atoms with van der Waals surface area (Å²) < 4.78 is 26.0. The number of rotatable bonds is 3. The molecule has 17 heavy (non-hydrogen) atoms. The number of halogens is 2. The van der Waals surface area contributed by atoms with E-state index in [1.165, 1.54) is 12.1 Å². The summed E-state index contributed by atoms with van der Waals surface area (Å²) in [6.07, 6.45) is 2.23. The van der Waals surface area contributed by atoms with Crippen LogP contribution in [0, 0.1) is 11.6 Å². The van der Waals surface area contributed by atoms with Gasteiger partial charge in [0, 0.05) is 30.9 Å². The van der Waals surface area contributed by atoms with Gasteiger partial charge in [-0.05, 0) is 31.5 Å². The Morgan fingerprint density at radius 2 is 2.18 bits per heavy atom. The Labute approximate surface area is 101 Å². The van der Waals surface area contributed by atoms with Gasteiger partial charge >= 0.3 is 0 Å². The van der Waals surface area contributed by atoms with Crippen molar-refractivity contribution in [1.82, 2.24) is 5.32 Å². The third kappa shape index (κ3) is 2.94. The van der Waals surface area contributed by atoms with Crippen LogP contribution >= 0.6 is 0 Å². The van der Waals surface area contributed by atoms with Crippen LogP contribution in [0.3, 0.4) is 0 Å². The van der Waals surface area contributed by atoms with E-state index < -0.39 is 11.6 Å². The smallest absolute Gasteiger partial charge is 0.160 e. The quantitative estimate of drug-likeness (QED) is 0.873. The first-order valence-corrected chi connectivity index (χ1v) is 6.14. The molecule has 1 aliphatic heterocycles. The van der Waals surface area contributed by atoms with Gasteiger partial charge in [-0.15, -0.1) is 0 Å². The van der Waals surface area contributed by atoms with Crippen molar-refractivity contribution in [3.8, 4) is 0 Å². The zero-order valence-electron chi connectivity index (χ0n) is 10.0. The number of piperidine rings is 1. The van der Waals surface area contributed by atoms with Crippen molar-refractivity contribution < 1.29 is 8.78 Å². The summed E-state index contributed by atoms with van der Waals surface area (Å²) in [5.41, 5.74) is 0.770. The van der Waals surface area contributed by atoms with Gasteiger partial charge in [0.1, 0.15) is 0 Å². The average Bonchev–Trinajstić information content (AvgIpc) is 2.33. The Balaban J connectivity index is 2.08. The summed E-state index contributed by atoms with van der Waals surface area (Å²) in [6.45, 7) is 4.79. The van der Waals surface area contributed by atoms with E-state index in [2.05, 4.69) is 17.1 Å². The van der Waals surface area contributed by atoms with Gasteiger partial charge < -0.3 is 10.2 Å². The first kappa shape index (κ1) is 12.3. The molecule has 0 amide bonds. The van der Waals surface area contributed by atoms with Crippen LogP contribution in [0.1, 0.15) is 19.8 Å². The standard InChI is InChI=1S/C13H18F2N2/c1-2-16-10-4-3-7-17(9-10)11-5-6-12(14)13(15)8-11/h5-6,8,10,16H,2-4,7,9H2,1H3. The minimum Gasteiger partial charge on any atom is -0.370 e. The second kappa shape index (κ2) is 5.45. The summed E-state index contributed by atoms with van der Waals surface area (Å²) in [7, 11) is 0. The molecule has 1 aromatic carbocycles. The van der Waals surface area contributed by atoms with Crippen LogP contribution in [0.2, 0.25) is 0 Å². The summed E-state index contributed by atoms with van der Waals surface area (Å²) >= 11 is 0. The number of nitrogens with zero attached hydrogens (tertiary/aromatic N) is 1. The minimum absolute atomic E-state index is 0.446. The highest BCUT2D eigenvalue weighted by molar-refractivity contribution is 5.47. The fourth-order valence-corrected chi connectivity index (χ4v) is 2.35. The molecule has 1 N–H and O–H groups in total. The Bertz CT molecular complexity index is 380. The van der Waals surface area contributed by atoms with Crippen LogP contribution in [-0.4, -0.2) is 25.7 Å². The molecule has 0 spiro atoms. The van der Waals surface area contributed by atoms with E-state index in [9.17, 15) is 8.78 Å². The second-order valence-electron chi connectivity index (χ2n) is 4.44. The molecule has 0 bridgehead atoms. The van der Waals surface area contributed by atoms with Gasteiger partial charge in [-0.25, -0.2) is 8.78 Å². The molecular formula is C13H18F2N2. The molecular weight excluding hydrogens is 222 g/mol. The van der Waals surface area contributed by atoms with E-state index in [0.29, 0.717) is 6.04 Å². The fourth-order valence-electron chi connectivity index (χ4n) is 2.35. The van der Waals surface area contributed by atoms with Gasteiger partial charge in [-0.3, -0.25) is 0 Å². The maximum Gasteiger partial charge on any atom is 0.160 e. The van der Waals surface area contributed by atoms with E-state index in [0.717, 1.165) is 38.2 Å². The normalized spacial score (nSPS) is 20.6. The lowest BCUT2D eigenvalue weighted by Crippen LogP contribution is -2.45. The molecule has 0 saturated carbocycles. The zero-order chi connectivity index (χ0) is 12.3. The average molecular weight is 240 g/mol. The largest absolute Gasteiger partial charge is 0.370 e. The number of likely N-dealkylation sites (N-methyl/N-ethyl adjacent to an activating group) is 1. The van der Waals surface area contributed by atoms with E-state index in [-0.39, 0.29) is 0 Å². The monoisotopic (exact) mass is 240 g/mol. The molecule has 2 rings (SSSR count). The van der Waals surface area contributed by atoms with E-state index in [4.69, 9.17) is 0 Å². The SMILES string of the molecule is CCNC1CCCN(c2ccc(F)c(F)c2)C1. The van der Waals surface area contributed by atoms with Crippen LogP contribution in [0.5, 0.6) is 0 Å². The van der Waals surface area contributed by atoms with Crippen LogP contribution in [-0.2, 0) is 0 Å². The summed E-state index contributed by atoms with van der Waals surface area (Å²) in [5.74, 6) is -1.55. The van der Waals surface area contributed by atoms with Gasteiger partial charge in [0.05, 0.1) is 0 Å². The van der Waals surface area contributed by atoms with Crippen molar-refractivity contribution in [2.24, 2.45) is 0 Å². The van der Waals surface area contributed by atoms with Gasteiger partial charge in [0.25, 0.3) is 0 Å². The van der Waals surface area contributed by atoms with E-state index in [1.807, 2.05) is 0 Å². The molecule has 1 saturated heterocycles. The molecule has 94 valence electrons. The Hall–Kier alpha value is -1.16. The van der Waals surface area contributed by atoms with Gasteiger partial charge in [0.2, 0.25) is 0 Å². The lowest BCUT2D eigenvalue weighted by atomic mass is 10.0. The molecule has 2 nitrogen and oxygen atoms in total. The van der Waals surface area contributed by atoms with Crippen molar-refractivity contribution in [2.45, 2.75) is 25.8 Å². The maximum absolute atomic E-state index is 13.2. The van der Waals surface area contributed by atoms with Crippen LogP contribution in [0.15, 0.2) is 18.2 Å². The van der Waals surface area contributed by atoms with E-state index >= 15 is 0 Å². The van der Waals surface area contributed by atoms with Crippen LogP contribution < -0.4 is 10.2 Å². The minimum atomic E-state index is -0.783. The predicted octanol–water partition coefficient (Wildman–Crippen LogP) is 2.54. The van der Waals surface area contributed by atoms with Gasteiger partial charge in [-0.2, -0.15) is 0 Å². The van der Waals surface area contributed by atoms with Gasteiger partial charge in [-0.1, -0.05) is 6.92 Å². The van der Waals surface area contributed by atoms with Crippen molar-refractivity contribution >= 4 is 5.69 Å². The Morgan fingerprint density at radius 3 is 2.88 bits per heavy atom. The number of hydrogen-bond acceptors (Lipinski definition) is 2. The molecule has 0 aromatic heterocycles. The number of hydrogen-bond donors (Lipinski definition) is 1. The molecule has 1 atom stereocenters. The molecule has 1 heterocycles. The number of nitrogens with one attached hydrogen (secondary N) is 1. The lowest BCUT2D eigenvalue weighted by Gasteiger charge is -2.34. The molecule has 4 heteroatoms. The zero-order valence-corrected chi connectivity index (χ0v) is 10.0. The topological polar surface area (TPSA) is 15.3 Å².